The van der Waals surface area contributed by atoms with Gasteiger partial charge in [-0.3, -0.25) is 9.69 Å². The summed E-state index contributed by atoms with van der Waals surface area (Å²) < 4.78 is 0. The van der Waals surface area contributed by atoms with Crippen LogP contribution in [0.5, 0.6) is 0 Å². The molecule has 0 bridgehead atoms. The van der Waals surface area contributed by atoms with E-state index in [-0.39, 0.29) is 5.91 Å². The normalized spacial score (nSPS) is 27.9. The third-order valence-electron chi connectivity index (χ3n) is 3.05. The molecule has 1 saturated carbocycles. The summed E-state index contributed by atoms with van der Waals surface area (Å²) in [5, 5.41) is 2.90. The van der Waals surface area contributed by atoms with Crippen LogP contribution < -0.4 is 5.32 Å². The molecular formula is C10H18N2O. The standard InChI is InChI=1S/C10H18N2O/c1-10(3-4-10)8-12-6-2-5-11-9(13)7-12/h2-8H2,1H3,(H,11,13). The summed E-state index contributed by atoms with van der Waals surface area (Å²) in [6.07, 6.45) is 3.78. The summed E-state index contributed by atoms with van der Waals surface area (Å²) in [5.41, 5.74) is 0.532. The highest BCUT2D eigenvalue weighted by Crippen LogP contribution is 2.45. The van der Waals surface area contributed by atoms with Gasteiger partial charge in [-0.15, -0.1) is 0 Å². The van der Waals surface area contributed by atoms with Crippen molar-refractivity contribution in [1.82, 2.24) is 10.2 Å². The summed E-state index contributed by atoms with van der Waals surface area (Å²) in [6.45, 7) is 5.96. The Labute approximate surface area is 79.5 Å². The monoisotopic (exact) mass is 182 g/mol. The minimum Gasteiger partial charge on any atom is -0.355 e. The van der Waals surface area contributed by atoms with Gasteiger partial charge in [-0.25, -0.2) is 0 Å². The zero-order valence-electron chi connectivity index (χ0n) is 8.31. The molecule has 2 rings (SSSR count). The molecule has 0 spiro atoms. The molecule has 0 aromatic heterocycles. The third kappa shape index (κ3) is 2.44. The molecule has 1 N–H and O–H groups in total. The number of nitrogens with zero attached hydrogens (tertiary/aromatic N) is 1. The number of amides is 1. The van der Waals surface area contributed by atoms with Gasteiger partial charge in [0.2, 0.25) is 5.91 Å². The summed E-state index contributed by atoms with van der Waals surface area (Å²) in [5.74, 6) is 0.196. The Hall–Kier alpha value is -0.570. The second-order valence-electron chi connectivity index (χ2n) is 4.72. The Balaban J connectivity index is 1.86. The molecule has 1 aliphatic carbocycles. The van der Waals surface area contributed by atoms with Crippen molar-refractivity contribution in [2.75, 3.05) is 26.2 Å². The average molecular weight is 182 g/mol. The SMILES string of the molecule is CC1(CN2CCCNC(=O)C2)CC1. The fourth-order valence-electron chi connectivity index (χ4n) is 1.91. The lowest BCUT2D eigenvalue weighted by Crippen LogP contribution is -2.36. The molecule has 1 aliphatic heterocycles. The van der Waals surface area contributed by atoms with Crippen LogP contribution in [0.15, 0.2) is 0 Å². The van der Waals surface area contributed by atoms with Crippen LogP contribution in [0.3, 0.4) is 0 Å². The van der Waals surface area contributed by atoms with E-state index >= 15 is 0 Å². The van der Waals surface area contributed by atoms with Crippen molar-refractivity contribution in [1.29, 1.82) is 0 Å². The molecule has 0 aromatic carbocycles. The predicted octanol–water partition coefficient (Wildman–Crippen LogP) is 0.608. The van der Waals surface area contributed by atoms with E-state index in [1.807, 2.05) is 0 Å². The molecule has 13 heavy (non-hydrogen) atoms. The van der Waals surface area contributed by atoms with E-state index in [1.54, 1.807) is 0 Å². The number of hydrogen-bond donors (Lipinski definition) is 1. The molecule has 0 radical (unpaired) electrons. The molecule has 1 heterocycles. The maximum atomic E-state index is 11.2. The van der Waals surface area contributed by atoms with E-state index < -0.39 is 0 Å². The molecule has 2 aliphatic rings. The van der Waals surface area contributed by atoms with E-state index in [2.05, 4.69) is 17.1 Å². The summed E-state index contributed by atoms with van der Waals surface area (Å²) in [6, 6.07) is 0. The molecule has 0 aromatic rings. The Morgan fingerprint density at radius 1 is 1.54 bits per heavy atom. The number of carbonyl (C=O) groups excluding carboxylic acids is 1. The smallest absolute Gasteiger partial charge is 0.234 e. The Bertz CT molecular complexity index is 211. The van der Waals surface area contributed by atoms with Gasteiger partial charge >= 0.3 is 0 Å². The first-order valence-corrected chi connectivity index (χ1v) is 5.17. The largest absolute Gasteiger partial charge is 0.355 e. The van der Waals surface area contributed by atoms with Gasteiger partial charge in [0.15, 0.2) is 0 Å². The molecule has 0 atom stereocenters. The van der Waals surface area contributed by atoms with Crippen LogP contribution in [0.2, 0.25) is 0 Å². The highest BCUT2D eigenvalue weighted by molar-refractivity contribution is 5.78. The first-order valence-electron chi connectivity index (χ1n) is 5.17. The maximum Gasteiger partial charge on any atom is 0.234 e. The van der Waals surface area contributed by atoms with Gasteiger partial charge in [-0.05, 0) is 24.7 Å². The minimum atomic E-state index is 0.196. The first-order chi connectivity index (χ1) is 6.18. The van der Waals surface area contributed by atoms with Gasteiger partial charge in [0.1, 0.15) is 0 Å². The van der Waals surface area contributed by atoms with Crippen molar-refractivity contribution in [2.24, 2.45) is 5.41 Å². The van der Waals surface area contributed by atoms with E-state index in [0.29, 0.717) is 12.0 Å². The molecule has 0 unspecified atom stereocenters. The second-order valence-corrected chi connectivity index (χ2v) is 4.72. The van der Waals surface area contributed by atoms with Crippen molar-refractivity contribution in [3.05, 3.63) is 0 Å². The van der Waals surface area contributed by atoms with Crippen molar-refractivity contribution < 1.29 is 4.79 Å². The van der Waals surface area contributed by atoms with Crippen LogP contribution in [0.4, 0.5) is 0 Å². The fourth-order valence-corrected chi connectivity index (χ4v) is 1.91. The number of hydrogen-bond acceptors (Lipinski definition) is 2. The predicted molar refractivity (Wildman–Crippen MR) is 51.4 cm³/mol. The van der Waals surface area contributed by atoms with Gasteiger partial charge in [0.05, 0.1) is 6.54 Å². The highest BCUT2D eigenvalue weighted by atomic mass is 16.2. The van der Waals surface area contributed by atoms with E-state index in [0.717, 1.165) is 26.1 Å². The lowest BCUT2D eigenvalue weighted by molar-refractivity contribution is -0.121. The Morgan fingerprint density at radius 2 is 2.31 bits per heavy atom. The van der Waals surface area contributed by atoms with Crippen molar-refractivity contribution in [3.8, 4) is 0 Å². The highest BCUT2D eigenvalue weighted by Gasteiger charge is 2.39. The van der Waals surface area contributed by atoms with Gasteiger partial charge in [0, 0.05) is 19.6 Å². The Kier molecular flexibility index (Phi) is 2.28. The van der Waals surface area contributed by atoms with Gasteiger partial charge in [0.25, 0.3) is 0 Å². The third-order valence-corrected chi connectivity index (χ3v) is 3.05. The fraction of sp³-hybridized carbons (Fsp3) is 0.900. The molecule has 1 saturated heterocycles. The molecule has 3 nitrogen and oxygen atoms in total. The van der Waals surface area contributed by atoms with Gasteiger partial charge in [-0.2, -0.15) is 0 Å². The average Bonchev–Trinajstić information content (AvgIpc) is 2.79. The number of rotatable bonds is 2. The molecule has 1 amide bonds. The number of nitrogens with one attached hydrogen (secondary N) is 1. The molecule has 2 fully saturated rings. The van der Waals surface area contributed by atoms with E-state index in [1.165, 1.54) is 12.8 Å². The van der Waals surface area contributed by atoms with Crippen molar-refractivity contribution in [3.63, 3.8) is 0 Å². The zero-order chi connectivity index (χ0) is 9.31. The maximum absolute atomic E-state index is 11.2. The summed E-state index contributed by atoms with van der Waals surface area (Å²) in [7, 11) is 0. The van der Waals surface area contributed by atoms with Crippen LogP contribution in [0.25, 0.3) is 0 Å². The van der Waals surface area contributed by atoms with Crippen LogP contribution in [0.1, 0.15) is 26.2 Å². The quantitative estimate of drug-likeness (QED) is 0.678. The summed E-state index contributed by atoms with van der Waals surface area (Å²) >= 11 is 0. The van der Waals surface area contributed by atoms with Crippen molar-refractivity contribution in [2.45, 2.75) is 26.2 Å². The molecule has 74 valence electrons. The Morgan fingerprint density at radius 3 is 3.00 bits per heavy atom. The van der Waals surface area contributed by atoms with Crippen LogP contribution in [-0.4, -0.2) is 37.0 Å². The lowest BCUT2D eigenvalue weighted by Gasteiger charge is -2.22. The molecule has 3 heteroatoms. The van der Waals surface area contributed by atoms with E-state index in [4.69, 9.17) is 0 Å². The van der Waals surface area contributed by atoms with Crippen LogP contribution in [-0.2, 0) is 4.79 Å². The number of carbonyl (C=O) groups is 1. The lowest BCUT2D eigenvalue weighted by atomic mass is 10.1. The summed E-state index contributed by atoms with van der Waals surface area (Å²) in [4.78, 5) is 13.5. The van der Waals surface area contributed by atoms with Crippen LogP contribution >= 0.6 is 0 Å². The van der Waals surface area contributed by atoms with Gasteiger partial charge in [-0.1, -0.05) is 6.92 Å². The first kappa shape index (κ1) is 9.00. The van der Waals surface area contributed by atoms with E-state index in [9.17, 15) is 4.79 Å². The minimum absolute atomic E-state index is 0.196. The zero-order valence-corrected chi connectivity index (χ0v) is 8.31. The topological polar surface area (TPSA) is 32.3 Å². The molecular weight excluding hydrogens is 164 g/mol. The van der Waals surface area contributed by atoms with Crippen LogP contribution in [0, 0.1) is 5.41 Å². The van der Waals surface area contributed by atoms with Gasteiger partial charge < -0.3 is 5.32 Å². The second kappa shape index (κ2) is 3.29. The van der Waals surface area contributed by atoms with Crippen molar-refractivity contribution >= 4 is 5.91 Å².